The summed E-state index contributed by atoms with van der Waals surface area (Å²) >= 11 is 0. The van der Waals surface area contributed by atoms with Crippen LogP contribution in [0.1, 0.15) is 33.1 Å². The number of hydrogen-bond acceptors (Lipinski definition) is 4. The van der Waals surface area contributed by atoms with Gasteiger partial charge in [0.25, 0.3) is 0 Å². The van der Waals surface area contributed by atoms with Crippen molar-refractivity contribution in [1.82, 2.24) is 5.32 Å². The second-order valence-electron chi connectivity index (χ2n) is 4.74. The molecule has 0 radical (unpaired) electrons. The largest absolute Gasteiger partial charge is 0.389 e. The Morgan fingerprint density at radius 3 is 2.53 bits per heavy atom. The molecule has 3 N–H and O–H groups in total. The van der Waals surface area contributed by atoms with Gasteiger partial charge in [-0.2, -0.15) is 0 Å². The predicted octanol–water partition coefficient (Wildman–Crippen LogP) is 0.277. The number of hydrogen-bond donors (Lipinski definition) is 3. The standard InChI is InChI=1S/C11H23NO3/c1-9(2)15-7-10(13)6-12-8-11(14)4-3-5-11/h9-10,12-14H,3-8H2,1-2H3. The molecule has 15 heavy (non-hydrogen) atoms. The van der Waals surface area contributed by atoms with Crippen molar-refractivity contribution in [2.75, 3.05) is 19.7 Å². The molecule has 4 heteroatoms. The second kappa shape index (κ2) is 5.80. The van der Waals surface area contributed by atoms with Gasteiger partial charge in [-0.1, -0.05) is 0 Å². The summed E-state index contributed by atoms with van der Waals surface area (Å²) in [6, 6.07) is 0. The first-order valence-electron chi connectivity index (χ1n) is 5.75. The van der Waals surface area contributed by atoms with E-state index in [2.05, 4.69) is 5.32 Å². The first-order chi connectivity index (χ1) is 7.02. The van der Waals surface area contributed by atoms with E-state index in [1.807, 2.05) is 13.8 Å². The summed E-state index contributed by atoms with van der Waals surface area (Å²) in [4.78, 5) is 0. The Bertz CT molecular complexity index is 181. The number of aliphatic hydroxyl groups is 2. The van der Waals surface area contributed by atoms with Crippen LogP contribution in [0.2, 0.25) is 0 Å². The van der Waals surface area contributed by atoms with Gasteiger partial charge in [0, 0.05) is 13.1 Å². The quantitative estimate of drug-likeness (QED) is 0.573. The van der Waals surface area contributed by atoms with Gasteiger partial charge in [0.1, 0.15) is 0 Å². The molecule has 1 aliphatic carbocycles. The van der Waals surface area contributed by atoms with E-state index in [9.17, 15) is 10.2 Å². The van der Waals surface area contributed by atoms with Crippen molar-refractivity contribution in [3.8, 4) is 0 Å². The van der Waals surface area contributed by atoms with E-state index < -0.39 is 11.7 Å². The lowest BCUT2D eigenvalue weighted by atomic mass is 9.80. The third-order valence-corrected chi connectivity index (χ3v) is 2.74. The molecule has 1 aliphatic rings. The van der Waals surface area contributed by atoms with Gasteiger partial charge < -0.3 is 20.3 Å². The highest BCUT2D eigenvalue weighted by molar-refractivity contribution is 4.89. The summed E-state index contributed by atoms with van der Waals surface area (Å²) in [5.74, 6) is 0. The van der Waals surface area contributed by atoms with Crippen molar-refractivity contribution < 1.29 is 14.9 Å². The Hall–Kier alpha value is -0.160. The first-order valence-corrected chi connectivity index (χ1v) is 5.75. The second-order valence-corrected chi connectivity index (χ2v) is 4.74. The van der Waals surface area contributed by atoms with Crippen LogP contribution < -0.4 is 5.32 Å². The highest BCUT2D eigenvalue weighted by atomic mass is 16.5. The van der Waals surface area contributed by atoms with Crippen molar-refractivity contribution in [2.45, 2.75) is 50.9 Å². The maximum atomic E-state index is 9.77. The maximum absolute atomic E-state index is 9.77. The van der Waals surface area contributed by atoms with E-state index in [-0.39, 0.29) is 6.10 Å². The zero-order chi connectivity index (χ0) is 11.3. The van der Waals surface area contributed by atoms with Gasteiger partial charge >= 0.3 is 0 Å². The maximum Gasteiger partial charge on any atom is 0.0897 e. The average molecular weight is 217 g/mol. The molecular weight excluding hydrogens is 194 g/mol. The van der Waals surface area contributed by atoms with Crippen molar-refractivity contribution in [3.05, 3.63) is 0 Å². The zero-order valence-electron chi connectivity index (χ0n) is 9.70. The van der Waals surface area contributed by atoms with Crippen LogP contribution in [-0.2, 0) is 4.74 Å². The molecule has 1 saturated carbocycles. The van der Waals surface area contributed by atoms with Gasteiger partial charge in [0.2, 0.25) is 0 Å². The summed E-state index contributed by atoms with van der Waals surface area (Å²) < 4.78 is 5.27. The molecule has 0 aromatic heterocycles. The van der Waals surface area contributed by atoms with Crippen LogP contribution in [0.5, 0.6) is 0 Å². The lowest BCUT2D eigenvalue weighted by Crippen LogP contribution is -2.48. The van der Waals surface area contributed by atoms with Gasteiger partial charge in [-0.05, 0) is 33.1 Å². The molecule has 0 saturated heterocycles. The van der Waals surface area contributed by atoms with Crippen LogP contribution in [0.25, 0.3) is 0 Å². The average Bonchev–Trinajstić information content (AvgIpc) is 2.12. The van der Waals surface area contributed by atoms with Gasteiger partial charge in [-0.25, -0.2) is 0 Å². The van der Waals surface area contributed by atoms with Crippen LogP contribution in [-0.4, -0.2) is 47.7 Å². The lowest BCUT2D eigenvalue weighted by Gasteiger charge is -2.36. The molecule has 0 amide bonds. The molecule has 0 bridgehead atoms. The van der Waals surface area contributed by atoms with E-state index in [0.717, 1.165) is 19.3 Å². The van der Waals surface area contributed by atoms with Crippen molar-refractivity contribution in [2.24, 2.45) is 0 Å². The molecule has 0 aliphatic heterocycles. The fraction of sp³-hybridized carbons (Fsp3) is 1.00. The molecule has 4 nitrogen and oxygen atoms in total. The molecule has 90 valence electrons. The predicted molar refractivity (Wildman–Crippen MR) is 58.8 cm³/mol. The Kier molecular flexibility index (Phi) is 4.99. The van der Waals surface area contributed by atoms with E-state index in [1.54, 1.807) is 0 Å². The van der Waals surface area contributed by atoms with Crippen LogP contribution in [0, 0.1) is 0 Å². The SMILES string of the molecule is CC(C)OCC(O)CNCC1(O)CCC1. The molecular formula is C11H23NO3. The summed E-state index contributed by atoms with van der Waals surface area (Å²) in [6.45, 7) is 5.29. The van der Waals surface area contributed by atoms with Crippen molar-refractivity contribution in [1.29, 1.82) is 0 Å². The van der Waals surface area contributed by atoms with E-state index in [1.165, 1.54) is 0 Å². The number of nitrogens with one attached hydrogen (secondary N) is 1. The molecule has 1 rings (SSSR count). The number of ether oxygens (including phenoxy) is 1. The highest BCUT2D eigenvalue weighted by Crippen LogP contribution is 2.30. The summed E-state index contributed by atoms with van der Waals surface area (Å²) in [7, 11) is 0. The molecule has 0 spiro atoms. The zero-order valence-corrected chi connectivity index (χ0v) is 9.70. The molecule has 0 aromatic carbocycles. The monoisotopic (exact) mass is 217 g/mol. The first kappa shape index (κ1) is 12.9. The Morgan fingerprint density at radius 2 is 2.07 bits per heavy atom. The highest BCUT2D eigenvalue weighted by Gasteiger charge is 2.33. The summed E-state index contributed by atoms with van der Waals surface area (Å²) in [6.07, 6.45) is 2.51. The van der Waals surface area contributed by atoms with Crippen LogP contribution in [0.4, 0.5) is 0 Å². The molecule has 1 atom stereocenters. The Labute approximate surface area is 91.6 Å². The third-order valence-electron chi connectivity index (χ3n) is 2.74. The minimum Gasteiger partial charge on any atom is -0.389 e. The Morgan fingerprint density at radius 1 is 1.40 bits per heavy atom. The fourth-order valence-corrected chi connectivity index (χ4v) is 1.60. The third kappa shape index (κ3) is 4.93. The van der Waals surface area contributed by atoms with Gasteiger partial charge in [-0.15, -0.1) is 0 Å². The van der Waals surface area contributed by atoms with Crippen molar-refractivity contribution in [3.63, 3.8) is 0 Å². The summed E-state index contributed by atoms with van der Waals surface area (Å²) in [5, 5.41) is 22.4. The normalized spacial score (nSPS) is 21.4. The number of rotatable bonds is 7. The fourth-order valence-electron chi connectivity index (χ4n) is 1.60. The minimum absolute atomic E-state index is 0.149. The van der Waals surface area contributed by atoms with Crippen LogP contribution in [0.15, 0.2) is 0 Å². The minimum atomic E-state index is -0.515. The molecule has 1 fully saturated rings. The summed E-state index contributed by atoms with van der Waals surface area (Å²) in [5.41, 5.74) is -0.515. The van der Waals surface area contributed by atoms with Gasteiger partial charge in [-0.3, -0.25) is 0 Å². The smallest absolute Gasteiger partial charge is 0.0897 e. The van der Waals surface area contributed by atoms with Gasteiger partial charge in [0.05, 0.1) is 24.4 Å². The molecule has 0 aromatic rings. The van der Waals surface area contributed by atoms with E-state index in [0.29, 0.717) is 19.7 Å². The van der Waals surface area contributed by atoms with Crippen LogP contribution >= 0.6 is 0 Å². The van der Waals surface area contributed by atoms with E-state index >= 15 is 0 Å². The van der Waals surface area contributed by atoms with Crippen LogP contribution in [0.3, 0.4) is 0 Å². The molecule has 0 heterocycles. The molecule has 1 unspecified atom stereocenters. The lowest BCUT2D eigenvalue weighted by molar-refractivity contribution is -0.0366. The Balaban J connectivity index is 1.99. The van der Waals surface area contributed by atoms with Crippen molar-refractivity contribution >= 4 is 0 Å². The van der Waals surface area contributed by atoms with E-state index in [4.69, 9.17) is 4.74 Å². The number of aliphatic hydroxyl groups excluding tert-OH is 1. The topological polar surface area (TPSA) is 61.7 Å². The van der Waals surface area contributed by atoms with Gasteiger partial charge in [0.15, 0.2) is 0 Å².